The third kappa shape index (κ3) is 7.55. The van der Waals surface area contributed by atoms with Crippen molar-refractivity contribution in [1.82, 2.24) is 9.97 Å². The van der Waals surface area contributed by atoms with Crippen LogP contribution in [0.2, 0.25) is 10.0 Å². The van der Waals surface area contributed by atoms with E-state index in [4.69, 9.17) is 23.2 Å². The molecule has 0 amide bonds. The molecule has 48 heavy (non-hydrogen) atoms. The quantitative estimate of drug-likeness (QED) is 0.146. The zero-order chi connectivity index (χ0) is 33.6. The minimum atomic E-state index is -1.53. The maximum Gasteiger partial charge on any atom is 0.142 e. The molecule has 2 aliphatic rings. The lowest BCUT2D eigenvalue weighted by atomic mass is 9.55. The molecule has 0 N–H and O–H groups in total. The van der Waals surface area contributed by atoms with Crippen LogP contribution in [0.3, 0.4) is 0 Å². The summed E-state index contributed by atoms with van der Waals surface area (Å²) in [7, 11) is -3.07. The van der Waals surface area contributed by atoms with Crippen molar-refractivity contribution < 1.29 is 13.2 Å². The van der Waals surface area contributed by atoms with Crippen LogP contribution in [0, 0.1) is 11.8 Å². The highest BCUT2D eigenvalue weighted by atomic mass is 35.5. The van der Waals surface area contributed by atoms with Crippen LogP contribution in [0.25, 0.3) is 0 Å². The smallest absolute Gasteiger partial charge is 0.142 e. The van der Waals surface area contributed by atoms with Gasteiger partial charge >= 0.3 is 0 Å². The summed E-state index contributed by atoms with van der Waals surface area (Å²) in [6, 6.07) is 26.6. The van der Waals surface area contributed by atoms with E-state index >= 15 is 4.79 Å². The second kappa shape index (κ2) is 15.9. The first-order valence-electron chi connectivity index (χ1n) is 17.0. The van der Waals surface area contributed by atoms with Crippen LogP contribution in [0.5, 0.6) is 0 Å². The van der Waals surface area contributed by atoms with Gasteiger partial charge in [0.1, 0.15) is 15.8 Å². The van der Waals surface area contributed by atoms with Crippen molar-refractivity contribution in [2.75, 3.05) is 11.5 Å². The molecular formula is C39H42Cl2N2O3S2. The number of carbonyl (C=O) groups excluding carboxylic acids is 1. The third-order valence-corrected chi connectivity index (χ3v) is 13.9. The Morgan fingerprint density at radius 2 is 0.958 bits per heavy atom. The average Bonchev–Trinajstić information content (AvgIpc) is 3.14. The first-order chi connectivity index (χ1) is 23.3. The van der Waals surface area contributed by atoms with E-state index in [0.717, 1.165) is 75.3 Å². The lowest BCUT2D eigenvalue weighted by Crippen LogP contribution is -2.52. The normalized spacial score (nSPS) is 19.9. The van der Waals surface area contributed by atoms with E-state index in [2.05, 4.69) is 9.97 Å². The molecule has 2 fully saturated rings. The van der Waals surface area contributed by atoms with Gasteiger partial charge in [-0.2, -0.15) is 0 Å². The van der Waals surface area contributed by atoms with Crippen molar-refractivity contribution in [1.29, 1.82) is 0 Å². The van der Waals surface area contributed by atoms with Crippen LogP contribution in [-0.2, 0) is 37.2 Å². The first-order valence-corrected chi connectivity index (χ1v) is 20.4. The van der Waals surface area contributed by atoms with Crippen LogP contribution in [-0.4, -0.2) is 35.7 Å². The molecule has 4 atom stereocenters. The summed E-state index contributed by atoms with van der Waals surface area (Å²) in [6.45, 7) is 0. The summed E-state index contributed by atoms with van der Waals surface area (Å²) < 4.78 is 28.5. The first kappa shape index (κ1) is 35.1. The van der Waals surface area contributed by atoms with E-state index in [9.17, 15) is 8.42 Å². The summed E-state index contributed by atoms with van der Waals surface area (Å²) in [5.74, 6) is -0.876. The van der Waals surface area contributed by atoms with E-state index in [1.165, 1.54) is 0 Å². The maximum atomic E-state index is 15.9. The molecule has 2 aliphatic carbocycles. The molecule has 4 unspecified atom stereocenters. The molecule has 0 bridgehead atoms. The van der Waals surface area contributed by atoms with Crippen LogP contribution in [0.1, 0.15) is 75.3 Å². The molecule has 252 valence electrons. The molecule has 0 spiro atoms. The Morgan fingerprint density at radius 1 is 0.583 bits per heavy atom. The Balaban J connectivity index is 1.53. The van der Waals surface area contributed by atoms with Gasteiger partial charge in [0, 0.05) is 56.6 Å². The summed E-state index contributed by atoms with van der Waals surface area (Å²) >= 11 is 12.8. The number of Topliss-reactive ketones (excluding diaryl/α,β-unsaturated/α-hetero) is 1. The minimum Gasteiger partial charge on any atom is -0.299 e. The van der Waals surface area contributed by atoms with Gasteiger partial charge in [-0.1, -0.05) is 98.1 Å². The Bertz CT molecular complexity index is 1580. The van der Waals surface area contributed by atoms with Gasteiger partial charge < -0.3 is 0 Å². The molecule has 0 aliphatic heterocycles. The number of nitrogens with zero attached hydrogens (tertiary/aromatic N) is 2. The minimum absolute atomic E-state index is 0.0391. The van der Waals surface area contributed by atoms with E-state index in [1.54, 1.807) is 24.5 Å². The lowest BCUT2D eigenvalue weighted by Gasteiger charge is -2.49. The molecule has 0 saturated heterocycles. The largest absolute Gasteiger partial charge is 0.299 e. The third-order valence-electron chi connectivity index (χ3n) is 10.7. The fraction of sp³-hybridized carbons (Fsp3) is 0.410. The molecule has 6 rings (SSSR count). The number of rotatable bonds is 12. The molecule has 2 saturated carbocycles. The summed E-state index contributed by atoms with van der Waals surface area (Å²) in [6.07, 6.45) is 12.5. The fourth-order valence-corrected chi connectivity index (χ4v) is 11.3. The van der Waals surface area contributed by atoms with Crippen LogP contribution in [0.4, 0.5) is 0 Å². The lowest BCUT2D eigenvalue weighted by molar-refractivity contribution is -0.131. The summed E-state index contributed by atoms with van der Waals surface area (Å²) in [4.78, 5) is 24.8. The maximum absolute atomic E-state index is 15.9. The summed E-state index contributed by atoms with van der Waals surface area (Å²) in [5, 5.41) is 2.21. The molecule has 0 radical (unpaired) electrons. The Morgan fingerprint density at radius 3 is 1.29 bits per heavy atom. The number of benzene rings is 2. The average molecular weight is 722 g/mol. The fourth-order valence-electron chi connectivity index (χ4n) is 8.31. The molecule has 9 heteroatoms. The van der Waals surface area contributed by atoms with Crippen molar-refractivity contribution in [3.63, 3.8) is 0 Å². The van der Waals surface area contributed by atoms with E-state index in [0.29, 0.717) is 20.1 Å². The van der Waals surface area contributed by atoms with Crippen molar-refractivity contribution in [2.24, 2.45) is 11.8 Å². The highest BCUT2D eigenvalue weighted by Gasteiger charge is 2.53. The predicted octanol–water partition coefficient (Wildman–Crippen LogP) is 9.30. The second-order valence-electron chi connectivity index (χ2n) is 13.3. The molecule has 2 aromatic carbocycles. The Hall–Kier alpha value is -2.71. The number of aromatic nitrogens is 2. The number of halogens is 2. The van der Waals surface area contributed by atoms with Gasteiger partial charge in [-0.05, 0) is 85.3 Å². The van der Waals surface area contributed by atoms with Gasteiger partial charge in [0.2, 0.25) is 0 Å². The second-order valence-corrected chi connectivity index (χ2v) is 17.1. The number of ketones is 1. The Labute approximate surface area is 299 Å². The van der Waals surface area contributed by atoms with Crippen LogP contribution >= 0.6 is 23.2 Å². The predicted molar refractivity (Wildman–Crippen MR) is 195 cm³/mol. The van der Waals surface area contributed by atoms with Gasteiger partial charge in [0.25, 0.3) is 0 Å². The van der Waals surface area contributed by atoms with Gasteiger partial charge in [-0.25, -0.2) is 9.97 Å². The highest BCUT2D eigenvalue weighted by Crippen LogP contribution is 2.52. The molecule has 2 heterocycles. The standard InChI is InChI=1S/C39H42Cl2N2O3S2/c40-31-17-13-29(14-18-31)38(21-5-1-6-22-38)33(27-47(45)35-11-3-9-25-42-35)37(44)34(28-48(46)36-12-4-10-26-43-36)39(23-7-2-8-24-39)30-15-19-32(41)20-16-30/h3-4,9-20,25-26,33-34H,1-2,5-8,21-24,27-28H2. The van der Waals surface area contributed by atoms with Gasteiger partial charge in [-0.15, -0.1) is 0 Å². The van der Waals surface area contributed by atoms with Crippen molar-refractivity contribution in [3.05, 3.63) is 118 Å². The van der Waals surface area contributed by atoms with Crippen LogP contribution in [0.15, 0.2) is 107 Å². The Kier molecular flexibility index (Phi) is 11.6. The molecular weight excluding hydrogens is 679 g/mol. The SMILES string of the molecule is O=C(C(CS(=O)c1ccccn1)C1(c2ccc(Cl)cc2)CCCCC1)C(CS(=O)c1ccccn1)C1(c2ccc(Cl)cc2)CCCCC1. The van der Waals surface area contributed by atoms with E-state index in [-0.39, 0.29) is 17.3 Å². The number of pyridine rings is 2. The molecule has 5 nitrogen and oxygen atoms in total. The van der Waals surface area contributed by atoms with Crippen LogP contribution < -0.4 is 0 Å². The monoisotopic (exact) mass is 720 g/mol. The summed E-state index contributed by atoms with van der Waals surface area (Å²) in [5.41, 5.74) is 1.00. The van der Waals surface area contributed by atoms with Crippen molar-refractivity contribution in [3.8, 4) is 0 Å². The van der Waals surface area contributed by atoms with E-state index < -0.39 is 44.3 Å². The highest BCUT2D eigenvalue weighted by molar-refractivity contribution is 7.85. The van der Waals surface area contributed by atoms with Gasteiger partial charge in [0.05, 0.1) is 21.6 Å². The van der Waals surface area contributed by atoms with Gasteiger partial charge in [-0.3, -0.25) is 13.2 Å². The molecule has 4 aromatic rings. The van der Waals surface area contributed by atoms with Crippen molar-refractivity contribution in [2.45, 2.75) is 85.1 Å². The zero-order valence-electron chi connectivity index (χ0n) is 27.1. The number of hydrogen-bond acceptors (Lipinski definition) is 5. The van der Waals surface area contributed by atoms with E-state index in [1.807, 2.05) is 72.8 Å². The molecule has 2 aromatic heterocycles. The number of carbonyl (C=O) groups is 1. The zero-order valence-corrected chi connectivity index (χ0v) is 30.2. The topological polar surface area (TPSA) is 77.0 Å². The van der Waals surface area contributed by atoms with Crippen molar-refractivity contribution >= 4 is 50.6 Å². The van der Waals surface area contributed by atoms with Gasteiger partial charge in [0.15, 0.2) is 0 Å². The number of hydrogen-bond donors (Lipinski definition) is 0.